The van der Waals surface area contributed by atoms with Crippen molar-refractivity contribution in [2.24, 2.45) is 22.7 Å². The number of hydrogen-bond donors (Lipinski definition) is 5. The molecular formula is C50H54F2N4O11. The van der Waals surface area contributed by atoms with Gasteiger partial charge < -0.3 is 35.6 Å². The third kappa shape index (κ3) is 7.69. The lowest BCUT2D eigenvalue weighted by Crippen LogP contribution is -2.70. The maximum Gasteiger partial charge on any atom is 0.253 e. The van der Waals surface area contributed by atoms with Crippen LogP contribution < -0.4 is 16.0 Å². The van der Waals surface area contributed by atoms with E-state index < -0.39 is 118 Å². The van der Waals surface area contributed by atoms with Gasteiger partial charge in [0.05, 0.1) is 12.2 Å². The predicted octanol–water partition coefficient (Wildman–Crippen LogP) is 3.91. The summed E-state index contributed by atoms with van der Waals surface area (Å²) in [5.41, 5.74) is -4.51. The Morgan fingerprint density at radius 3 is 2.30 bits per heavy atom. The van der Waals surface area contributed by atoms with E-state index in [4.69, 9.17) is 9.47 Å². The second kappa shape index (κ2) is 17.6. The molecule has 15 nitrogen and oxygen atoms in total. The van der Waals surface area contributed by atoms with Crippen LogP contribution in [0.15, 0.2) is 97.1 Å². The Balaban J connectivity index is 0.918. The number of rotatable bonds is 14. The minimum absolute atomic E-state index is 0.00893. The fraction of sp³-hybridized carbons (Fsp3) is 0.460. The van der Waals surface area contributed by atoms with Crippen LogP contribution in [0.1, 0.15) is 82.3 Å². The Morgan fingerprint density at radius 1 is 0.940 bits per heavy atom. The summed E-state index contributed by atoms with van der Waals surface area (Å²) in [7, 11) is 0. The molecule has 0 aromatic heterocycles. The molecule has 1 unspecified atom stereocenters. The average Bonchev–Trinajstić information content (AvgIpc) is 3.92. The number of carbonyl (C=O) groups excluding carboxylic acids is 7. The highest BCUT2D eigenvalue weighted by Crippen LogP contribution is 2.72. The molecule has 6 aliphatic rings. The lowest BCUT2D eigenvalue weighted by atomic mass is 9.44. The van der Waals surface area contributed by atoms with Crippen molar-refractivity contribution in [3.63, 3.8) is 0 Å². The van der Waals surface area contributed by atoms with Crippen LogP contribution in [0.25, 0.3) is 0 Å². The van der Waals surface area contributed by atoms with Crippen LogP contribution in [0.2, 0.25) is 0 Å². The van der Waals surface area contributed by atoms with Gasteiger partial charge in [0.1, 0.15) is 24.9 Å². The van der Waals surface area contributed by atoms with Gasteiger partial charge in [-0.1, -0.05) is 55.5 Å². The number of amides is 5. The van der Waals surface area contributed by atoms with Crippen LogP contribution >= 0.6 is 0 Å². The zero-order chi connectivity index (χ0) is 48.4. The monoisotopic (exact) mass is 924 g/mol. The van der Waals surface area contributed by atoms with E-state index in [2.05, 4.69) is 22.5 Å². The number of fused-ring (bicyclic) bond motifs is 7. The van der Waals surface area contributed by atoms with Gasteiger partial charge in [-0.25, -0.2) is 8.78 Å². The lowest BCUT2D eigenvalue weighted by Gasteiger charge is -2.63. The Morgan fingerprint density at radius 2 is 1.63 bits per heavy atom. The standard InChI is InChI=1S/C50H54F2N4O11/c1-6-33(30-8-7-9-31(20-30)55-45(65)27(3)54-44(64)26(2)53-41(61)17-19-56-42(62)14-15-43(56)63)28-10-12-29(13-11-28)46-66-40-23-34-35-22-37(51)36-21-32(58)16-18-47(36,4)49(35,52)38(59)24-48(34,5)50(40,67-46)39(60)25-57/h6-16,18,20-21,26-27,33-35,37-38,40,46,57,59H,1,17,19,22-25H2,2-5H3,(H,53,61)(H,54,64)(H,55,65)/t26-,27-,33-,34-,35-,37-,38?,40+,46+,47-,48-,49-,50+/m0/s1. The molecule has 17 heteroatoms. The summed E-state index contributed by atoms with van der Waals surface area (Å²) < 4.78 is 46.9. The van der Waals surface area contributed by atoms with Gasteiger partial charge in [-0.05, 0) is 86.9 Å². The van der Waals surface area contributed by atoms with Crippen LogP contribution in [0.4, 0.5) is 14.5 Å². The van der Waals surface area contributed by atoms with Crippen LogP contribution in [-0.2, 0) is 43.0 Å². The smallest absolute Gasteiger partial charge is 0.253 e. The van der Waals surface area contributed by atoms with Crippen molar-refractivity contribution in [3.05, 3.63) is 114 Å². The number of Topliss-reactive ketones (excluding diaryl/α,β-unsaturated/α-hetero) is 1. The first-order valence-electron chi connectivity index (χ1n) is 22.4. The third-order valence-corrected chi connectivity index (χ3v) is 15.2. The minimum atomic E-state index is -2.37. The number of anilines is 1. The molecular weight excluding hydrogens is 871 g/mol. The quantitative estimate of drug-likeness (QED) is 0.135. The van der Waals surface area contributed by atoms with Gasteiger partial charge in [0.25, 0.3) is 11.8 Å². The normalized spacial score (nSPS) is 33.9. The summed E-state index contributed by atoms with van der Waals surface area (Å²) in [4.78, 5) is 89.1. The van der Waals surface area contributed by atoms with Gasteiger partial charge >= 0.3 is 0 Å². The van der Waals surface area contributed by atoms with Gasteiger partial charge in [0, 0.05) is 59.0 Å². The number of ketones is 2. The highest BCUT2D eigenvalue weighted by Gasteiger charge is 2.80. The van der Waals surface area contributed by atoms with Crippen molar-refractivity contribution < 1.29 is 62.0 Å². The van der Waals surface area contributed by atoms with E-state index in [1.54, 1.807) is 43.3 Å². The van der Waals surface area contributed by atoms with Crippen LogP contribution in [0.5, 0.6) is 0 Å². The fourth-order valence-electron chi connectivity index (χ4n) is 11.7. The number of halogens is 2. The average molecular weight is 925 g/mol. The van der Waals surface area contributed by atoms with Crippen molar-refractivity contribution in [2.45, 2.75) is 107 Å². The molecule has 5 amide bonds. The lowest BCUT2D eigenvalue weighted by molar-refractivity contribution is -0.235. The van der Waals surface area contributed by atoms with Crippen LogP contribution in [0, 0.1) is 22.7 Å². The number of benzene rings is 2. The molecule has 2 aromatic carbocycles. The fourth-order valence-corrected chi connectivity index (χ4v) is 11.7. The molecule has 4 fully saturated rings. The van der Waals surface area contributed by atoms with E-state index in [1.165, 1.54) is 32.9 Å². The third-order valence-electron chi connectivity index (χ3n) is 15.2. The van der Waals surface area contributed by atoms with Crippen molar-refractivity contribution in [2.75, 3.05) is 18.5 Å². The van der Waals surface area contributed by atoms with Gasteiger partial charge in [0.2, 0.25) is 17.7 Å². The summed E-state index contributed by atoms with van der Waals surface area (Å²) in [5.74, 6) is -6.02. The van der Waals surface area contributed by atoms with Crippen LogP contribution in [0.3, 0.4) is 0 Å². The number of hydrogen-bond acceptors (Lipinski definition) is 11. The first-order chi connectivity index (χ1) is 31.7. The molecule has 8 rings (SSSR count). The topological polar surface area (TPSA) is 218 Å². The first-order valence-corrected chi connectivity index (χ1v) is 22.4. The molecule has 0 spiro atoms. The number of imide groups is 1. The number of aliphatic hydroxyl groups is 2. The number of ether oxygens (including phenoxy) is 2. The summed E-state index contributed by atoms with van der Waals surface area (Å²) in [5, 5.41) is 30.1. The molecule has 4 aliphatic carbocycles. The zero-order valence-electron chi connectivity index (χ0n) is 37.5. The largest absolute Gasteiger partial charge is 0.390 e. The molecule has 5 N–H and O–H groups in total. The first kappa shape index (κ1) is 47.5. The molecule has 0 radical (unpaired) electrons. The summed E-state index contributed by atoms with van der Waals surface area (Å²) >= 11 is 0. The summed E-state index contributed by atoms with van der Waals surface area (Å²) in [6.45, 7) is 9.14. The molecule has 3 saturated carbocycles. The predicted molar refractivity (Wildman–Crippen MR) is 237 cm³/mol. The molecule has 0 bridgehead atoms. The second-order valence-corrected chi connectivity index (χ2v) is 18.9. The number of alkyl halides is 2. The van der Waals surface area contributed by atoms with E-state index >= 15 is 8.78 Å². The maximum atomic E-state index is 17.8. The minimum Gasteiger partial charge on any atom is -0.390 e. The molecule has 2 heterocycles. The summed E-state index contributed by atoms with van der Waals surface area (Å²) in [6, 6.07) is 12.2. The van der Waals surface area contributed by atoms with Crippen LogP contribution in [-0.4, -0.2) is 111 Å². The number of allylic oxidation sites excluding steroid dienone is 5. The SMILES string of the molecule is C=C[C@@H](c1ccc([C@@H]2O[C@@H]3C[C@H]4[C@@H]5C[C@H](F)C6=CC(=O)C=C[C@]6(C)[C@@]5(F)C(O)C[C@]4(C)[C@]3(C(=O)CO)O2)cc1)c1cccc(NC(=O)[C@H](C)NC(=O)[C@H](C)NC(=O)CCN2C(=O)C=CC2=O)c1. The van der Waals surface area contributed by atoms with E-state index in [0.29, 0.717) is 11.3 Å². The second-order valence-electron chi connectivity index (χ2n) is 18.9. The Hall–Kier alpha value is -6.01. The number of nitrogens with zero attached hydrogens (tertiary/aromatic N) is 1. The van der Waals surface area contributed by atoms with Gasteiger partial charge in [-0.15, -0.1) is 6.58 Å². The number of aliphatic hydroxyl groups excluding tert-OH is 2. The van der Waals surface area contributed by atoms with E-state index in [-0.39, 0.29) is 43.7 Å². The van der Waals surface area contributed by atoms with Gasteiger partial charge in [-0.2, -0.15) is 0 Å². The summed E-state index contributed by atoms with van der Waals surface area (Å²) in [6.07, 6.45) is 1.59. The Kier molecular flexibility index (Phi) is 12.5. The molecule has 13 atom stereocenters. The van der Waals surface area contributed by atoms with Gasteiger partial charge in [-0.3, -0.25) is 38.5 Å². The molecule has 1 saturated heterocycles. The maximum absolute atomic E-state index is 17.8. The number of carbonyl (C=O) groups is 7. The van der Waals surface area contributed by atoms with E-state index in [1.807, 2.05) is 18.2 Å². The van der Waals surface area contributed by atoms with Crippen molar-refractivity contribution in [1.29, 1.82) is 0 Å². The molecule has 2 aromatic rings. The van der Waals surface area contributed by atoms with E-state index in [0.717, 1.165) is 34.3 Å². The highest BCUT2D eigenvalue weighted by atomic mass is 19.1. The van der Waals surface area contributed by atoms with Crippen molar-refractivity contribution in [3.8, 4) is 0 Å². The van der Waals surface area contributed by atoms with Gasteiger partial charge in [0.15, 0.2) is 29.1 Å². The molecule has 354 valence electrons. The molecule has 67 heavy (non-hydrogen) atoms. The Bertz CT molecular complexity index is 2510. The zero-order valence-corrected chi connectivity index (χ0v) is 37.5. The van der Waals surface area contributed by atoms with Crippen molar-refractivity contribution in [1.82, 2.24) is 15.5 Å². The van der Waals surface area contributed by atoms with E-state index in [9.17, 15) is 43.8 Å². The number of nitrogens with one attached hydrogen (secondary N) is 3. The van der Waals surface area contributed by atoms with Crippen molar-refractivity contribution >= 4 is 46.8 Å². The molecule has 2 aliphatic heterocycles. The highest BCUT2D eigenvalue weighted by molar-refractivity contribution is 6.13. The Labute approximate surface area is 385 Å².